The SMILES string of the molecule is CC(=O)Nc1nccc2[nH]c(-c3c(F)cccc3Cl)nc12. The van der Waals surface area contributed by atoms with Gasteiger partial charge in [-0.2, -0.15) is 0 Å². The lowest BCUT2D eigenvalue weighted by Crippen LogP contribution is -2.07. The Hall–Kier alpha value is -2.47. The van der Waals surface area contributed by atoms with Crippen molar-refractivity contribution < 1.29 is 9.18 Å². The summed E-state index contributed by atoms with van der Waals surface area (Å²) in [5, 5.41) is 2.84. The fourth-order valence-corrected chi connectivity index (χ4v) is 2.29. The summed E-state index contributed by atoms with van der Waals surface area (Å²) in [5.74, 6) is -0.137. The van der Waals surface area contributed by atoms with Gasteiger partial charge in [-0.3, -0.25) is 4.79 Å². The second-order valence-corrected chi connectivity index (χ2v) is 4.83. The molecule has 3 aromatic rings. The van der Waals surface area contributed by atoms with Gasteiger partial charge in [0.25, 0.3) is 0 Å². The molecular weight excluding hydrogens is 295 g/mol. The van der Waals surface area contributed by atoms with Gasteiger partial charge in [0, 0.05) is 13.1 Å². The average molecular weight is 305 g/mol. The van der Waals surface area contributed by atoms with Gasteiger partial charge in [-0.25, -0.2) is 14.4 Å². The molecule has 2 N–H and O–H groups in total. The molecule has 21 heavy (non-hydrogen) atoms. The Balaban J connectivity index is 2.20. The van der Waals surface area contributed by atoms with E-state index in [9.17, 15) is 9.18 Å². The topological polar surface area (TPSA) is 70.7 Å². The van der Waals surface area contributed by atoms with E-state index in [0.717, 1.165) is 0 Å². The zero-order valence-corrected chi connectivity index (χ0v) is 11.7. The third-order valence-electron chi connectivity index (χ3n) is 2.89. The van der Waals surface area contributed by atoms with Crippen LogP contribution < -0.4 is 5.32 Å². The van der Waals surface area contributed by atoms with Gasteiger partial charge >= 0.3 is 0 Å². The molecule has 0 aliphatic carbocycles. The zero-order valence-electron chi connectivity index (χ0n) is 10.9. The number of hydrogen-bond acceptors (Lipinski definition) is 3. The fourth-order valence-electron chi connectivity index (χ4n) is 2.04. The lowest BCUT2D eigenvalue weighted by atomic mass is 10.2. The van der Waals surface area contributed by atoms with E-state index in [1.165, 1.54) is 25.3 Å². The largest absolute Gasteiger partial charge is 0.338 e. The number of nitrogens with one attached hydrogen (secondary N) is 2. The van der Waals surface area contributed by atoms with E-state index in [-0.39, 0.29) is 22.3 Å². The van der Waals surface area contributed by atoms with Gasteiger partial charge in [0.15, 0.2) is 5.82 Å². The maximum Gasteiger partial charge on any atom is 0.222 e. The van der Waals surface area contributed by atoms with Crippen molar-refractivity contribution in [3.63, 3.8) is 0 Å². The number of aromatic amines is 1. The first-order valence-corrected chi connectivity index (χ1v) is 6.51. The molecule has 0 spiro atoms. The summed E-state index contributed by atoms with van der Waals surface area (Å²) in [4.78, 5) is 22.5. The van der Waals surface area contributed by atoms with Crippen molar-refractivity contribution >= 4 is 34.4 Å². The quantitative estimate of drug-likeness (QED) is 0.762. The summed E-state index contributed by atoms with van der Waals surface area (Å²) in [5.41, 5.74) is 1.26. The maximum absolute atomic E-state index is 13.9. The lowest BCUT2D eigenvalue weighted by molar-refractivity contribution is -0.114. The van der Waals surface area contributed by atoms with E-state index < -0.39 is 5.82 Å². The van der Waals surface area contributed by atoms with E-state index >= 15 is 0 Å². The van der Waals surface area contributed by atoms with Gasteiger partial charge in [0.2, 0.25) is 5.91 Å². The highest BCUT2D eigenvalue weighted by atomic mass is 35.5. The van der Waals surface area contributed by atoms with Crippen LogP contribution in [0.2, 0.25) is 5.02 Å². The lowest BCUT2D eigenvalue weighted by Gasteiger charge is -2.01. The fraction of sp³-hybridized carbons (Fsp3) is 0.0714. The third kappa shape index (κ3) is 2.45. The molecule has 2 heterocycles. The van der Waals surface area contributed by atoms with Crippen molar-refractivity contribution in [1.29, 1.82) is 0 Å². The van der Waals surface area contributed by atoms with Gasteiger partial charge in [-0.05, 0) is 18.2 Å². The molecule has 2 aromatic heterocycles. The van der Waals surface area contributed by atoms with Crippen LogP contribution in [0.4, 0.5) is 10.2 Å². The Morgan fingerprint density at radius 3 is 2.90 bits per heavy atom. The number of rotatable bonds is 2. The number of pyridine rings is 1. The highest BCUT2D eigenvalue weighted by Crippen LogP contribution is 2.31. The molecule has 0 atom stereocenters. The van der Waals surface area contributed by atoms with E-state index in [0.29, 0.717) is 16.9 Å². The minimum atomic E-state index is -0.476. The number of fused-ring (bicyclic) bond motifs is 1. The first-order chi connectivity index (χ1) is 10.1. The van der Waals surface area contributed by atoms with E-state index in [2.05, 4.69) is 20.3 Å². The molecule has 7 heteroatoms. The Morgan fingerprint density at radius 2 is 2.19 bits per heavy atom. The van der Waals surface area contributed by atoms with Crippen LogP contribution in [-0.4, -0.2) is 20.9 Å². The number of hydrogen-bond donors (Lipinski definition) is 2. The Kier molecular flexibility index (Phi) is 3.31. The summed E-state index contributed by atoms with van der Waals surface area (Å²) in [7, 11) is 0. The van der Waals surface area contributed by atoms with Gasteiger partial charge in [-0.1, -0.05) is 17.7 Å². The number of anilines is 1. The van der Waals surface area contributed by atoms with Crippen LogP contribution in [0.1, 0.15) is 6.92 Å². The Morgan fingerprint density at radius 1 is 1.38 bits per heavy atom. The van der Waals surface area contributed by atoms with E-state index in [1.807, 2.05) is 0 Å². The first kappa shape index (κ1) is 13.5. The van der Waals surface area contributed by atoms with Crippen molar-refractivity contribution in [3.8, 4) is 11.4 Å². The van der Waals surface area contributed by atoms with Crippen molar-refractivity contribution in [2.45, 2.75) is 6.92 Å². The Labute approximate surface area is 124 Å². The van der Waals surface area contributed by atoms with Gasteiger partial charge in [-0.15, -0.1) is 0 Å². The molecule has 0 aliphatic heterocycles. The van der Waals surface area contributed by atoms with Crippen molar-refractivity contribution in [3.05, 3.63) is 41.3 Å². The summed E-state index contributed by atoms with van der Waals surface area (Å²) in [6.07, 6.45) is 1.53. The molecule has 1 amide bonds. The van der Waals surface area contributed by atoms with Crippen LogP contribution in [-0.2, 0) is 4.79 Å². The number of imidazole rings is 1. The number of halogens is 2. The van der Waals surface area contributed by atoms with Crippen LogP contribution in [0.3, 0.4) is 0 Å². The predicted molar refractivity (Wildman–Crippen MR) is 78.6 cm³/mol. The zero-order chi connectivity index (χ0) is 15.0. The van der Waals surface area contributed by atoms with Crippen LogP contribution in [0.15, 0.2) is 30.5 Å². The molecule has 0 bridgehead atoms. The van der Waals surface area contributed by atoms with Crippen molar-refractivity contribution in [2.24, 2.45) is 0 Å². The smallest absolute Gasteiger partial charge is 0.222 e. The molecule has 0 saturated carbocycles. The molecule has 0 radical (unpaired) electrons. The molecule has 0 unspecified atom stereocenters. The number of carbonyl (C=O) groups is 1. The molecule has 0 saturated heterocycles. The number of H-pyrrole nitrogens is 1. The van der Waals surface area contributed by atoms with E-state index in [1.54, 1.807) is 12.1 Å². The maximum atomic E-state index is 13.9. The number of amides is 1. The third-order valence-corrected chi connectivity index (χ3v) is 3.21. The van der Waals surface area contributed by atoms with Crippen LogP contribution in [0.5, 0.6) is 0 Å². The number of carbonyl (C=O) groups excluding carboxylic acids is 1. The van der Waals surface area contributed by atoms with Gasteiger partial charge in [0.05, 0.1) is 16.1 Å². The summed E-state index contributed by atoms with van der Waals surface area (Å²) >= 11 is 6.03. The molecule has 5 nitrogen and oxygen atoms in total. The summed E-state index contributed by atoms with van der Waals surface area (Å²) in [6.45, 7) is 1.38. The summed E-state index contributed by atoms with van der Waals surface area (Å²) < 4.78 is 13.9. The monoisotopic (exact) mass is 304 g/mol. The Bertz CT molecular complexity index is 826. The van der Waals surface area contributed by atoms with Crippen LogP contribution in [0, 0.1) is 5.82 Å². The van der Waals surface area contributed by atoms with Crippen LogP contribution >= 0.6 is 11.6 Å². The highest BCUT2D eigenvalue weighted by Gasteiger charge is 2.16. The van der Waals surface area contributed by atoms with Gasteiger partial charge in [0.1, 0.15) is 17.2 Å². The highest BCUT2D eigenvalue weighted by molar-refractivity contribution is 6.33. The predicted octanol–water partition coefficient (Wildman–Crippen LogP) is 3.38. The van der Waals surface area contributed by atoms with Crippen LogP contribution in [0.25, 0.3) is 22.4 Å². The normalized spacial score (nSPS) is 10.8. The average Bonchev–Trinajstić information content (AvgIpc) is 2.82. The second-order valence-electron chi connectivity index (χ2n) is 4.42. The standard InChI is InChI=1S/C14H10ClFN4O/c1-7(21)18-14-12-10(5-6-17-14)19-13(20-12)11-8(15)3-2-4-9(11)16/h2-6H,1H3,(H,19,20)(H,17,18,21). The number of aromatic nitrogens is 3. The molecular formula is C14H10ClFN4O. The summed E-state index contributed by atoms with van der Waals surface area (Å²) in [6, 6.07) is 6.10. The minimum absolute atomic E-state index is 0.184. The number of nitrogens with zero attached hydrogens (tertiary/aromatic N) is 2. The molecule has 3 rings (SSSR count). The molecule has 0 aliphatic rings. The van der Waals surface area contributed by atoms with Gasteiger partial charge < -0.3 is 10.3 Å². The van der Waals surface area contributed by atoms with E-state index in [4.69, 9.17) is 11.6 Å². The minimum Gasteiger partial charge on any atom is -0.338 e. The molecule has 0 fully saturated rings. The first-order valence-electron chi connectivity index (χ1n) is 6.13. The number of benzene rings is 1. The molecule has 106 valence electrons. The molecule has 1 aromatic carbocycles. The van der Waals surface area contributed by atoms with Crippen molar-refractivity contribution in [2.75, 3.05) is 5.32 Å². The van der Waals surface area contributed by atoms with Crippen molar-refractivity contribution in [1.82, 2.24) is 15.0 Å². The second kappa shape index (κ2) is 5.14.